The minimum atomic E-state index is -0.727. The molecular weight excluding hydrogens is 977 g/mol. The third-order valence-corrected chi connectivity index (χ3v) is 13.7. The van der Waals surface area contributed by atoms with Gasteiger partial charge in [-0.15, -0.1) is 0 Å². The van der Waals surface area contributed by atoms with Crippen LogP contribution in [0, 0.1) is 51.4 Å². The average Bonchev–Trinajstić information content (AvgIpc) is 4.20. The SMILES string of the molecule is CCc1c(C(=O)OC(C)(C)C)[nH]c(C(c2ccccc2C#CC#Cc2ccccc2C(c2[nH]c(C(=O)OC(C)(C)C)c(CC)c2C)c2[nH]c(C(=O)OC(C)(C)C)c(CC)c2C)c2[nH]c(C(=O)OC(C)(C)C)c(CC)c2C)c1C. The van der Waals surface area contributed by atoms with Crippen LogP contribution >= 0.6 is 0 Å². The largest absolute Gasteiger partial charge is 0.455 e. The standard InChI is InChI=1S/C66H82N4O8/c1-21-43-37(5)51(67-55(43)59(71)75-63(9,10)11)49(52-38(6)44(22-2)56(68-52)60(72)76-64(12,13)14)47-35-29-27-33-41(47)31-25-26-32-42-34-28-30-36-48(42)50(53-39(7)45(23-3)57(69-53)61(73)77-65(15,16)17)54-40(8)46(24-4)58(70-54)62(74)78-66(18,19)20/h27-30,33-36,49-50,67-70H,21-24H2,1-20H3. The van der Waals surface area contributed by atoms with E-state index in [1.807, 2.05) is 187 Å². The number of carbonyl (C=O) groups excluding carboxylic acids is 4. The van der Waals surface area contributed by atoms with Gasteiger partial charge in [0.2, 0.25) is 0 Å². The van der Waals surface area contributed by atoms with E-state index in [0.717, 1.165) is 78.4 Å². The highest BCUT2D eigenvalue weighted by molar-refractivity contribution is 5.93. The summed E-state index contributed by atoms with van der Waals surface area (Å²) in [5, 5.41) is 0. The zero-order valence-corrected chi connectivity index (χ0v) is 49.9. The van der Waals surface area contributed by atoms with E-state index < -0.39 is 58.1 Å². The summed E-state index contributed by atoms with van der Waals surface area (Å²) in [6, 6.07) is 15.7. The molecule has 0 saturated heterocycles. The van der Waals surface area contributed by atoms with Gasteiger partial charge in [-0.25, -0.2) is 19.2 Å². The van der Waals surface area contributed by atoms with Crippen LogP contribution in [0.15, 0.2) is 48.5 Å². The Balaban J connectivity index is 1.57. The van der Waals surface area contributed by atoms with E-state index in [9.17, 15) is 19.2 Å². The van der Waals surface area contributed by atoms with E-state index in [4.69, 9.17) is 18.9 Å². The molecule has 6 aromatic rings. The Kier molecular flexibility index (Phi) is 17.8. The van der Waals surface area contributed by atoms with Gasteiger partial charge < -0.3 is 38.9 Å². The third kappa shape index (κ3) is 13.3. The summed E-state index contributed by atoms with van der Waals surface area (Å²) in [5.74, 6) is 10.3. The normalized spacial score (nSPS) is 12.0. The zero-order valence-electron chi connectivity index (χ0n) is 49.9. The predicted molar refractivity (Wildman–Crippen MR) is 309 cm³/mol. The number of ether oxygens (including phenoxy) is 4. The molecule has 12 nitrogen and oxygen atoms in total. The summed E-state index contributed by atoms with van der Waals surface area (Å²) in [6.07, 6.45) is 2.27. The second-order valence-corrected chi connectivity index (χ2v) is 24.0. The highest BCUT2D eigenvalue weighted by atomic mass is 16.6. The molecule has 0 atom stereocenters. The second kappa shape index (κ2) is 23.3. The molecule has 4 aromatic heterocycles. The number of nitrogens with one attached hydrogen (secondary N) is 4. The Morgan fingerprint density at radius 2 is 0.615 bits per heavy atom. The van der Waals surface area contributed by atoms with Crippen LogP contribution in [0.25, 0.3) is 0 Å². The maximum Gasteiger partial charge on any atom is 0.355 e. The first-order valence-electron chi connectivity index (χ1n) is 27.3. The Morgan fingerprint density at radius 3 is 0.821 bits per heavy atom. The van der Waals surface area contributed by atoms with Crippen LogP contribution in [0.4, 0.5) is 0 Å². The smallest absolute Gasteiger partial charge is 0.355 e. The summed E-state index contributed by atoms with van der Waals surface area (Å²) >= 11 is 0. The molecule has 4 N–H and O–H groups in total. The fraction of sp³-hybridized carbons (Fsp3) is 0.455. The molecule has 2 aromatic carbocycles. The second-order valence-electron chi connectivity index (χ2n) is 24.0. The monoisotopic (exact) mass is 1060 g/mol. The Bertz CT molecular complexity index is 2990. The molecule has 0 spiro atoms. The molecule has 78 heavy (non-hydrogen) atoms. The Labute approximate surface area is 463 Å². The van der Waals surface area contributed by atoms with Crippen molar-refractivity contribution in [2.24, 2.45) is 0 Å². The van der Waals surface area contributed by atoms with Crippen LogP contribution in [0.3, 0.4) is 0 Å². The summed E-state index contributed by atoms with van der Waals surface area (Å²) in [7, 11) is 0. The lowest BCUT2D eigenvalue weighted by molar-refractivity contribution is 0.00496. The van der Waals surface area contributed by atoms with E-state index >= 15 is 0 Å². The third-order valence-electron chi connectivity index (χ3n) is 13.7. The molecule has 0 radical (unpaired) electrons. The van der Waals surface area contributed by atoms with E-state index in [0.29, 0.717) is 59.6 Å². The lowest BCUT2D eigenvalue weighted by Gasteiger charge is -2.21. The lowest BCUT2D eigenvalue weighted by atomic mass is 9.85. The van der Waals surface area contributed by atoms with Crippen molar-refractivity contribution in [1.82, 2.24) is 19.9 Å². The fourth-order valence-corrected chi connectivity index (χ4v) is 10.4. The molecule has 0 fully saturated rings. The van der Waals surface area contributed by atoms with Crippen molar-refractivity contribution in [3.05, 3.63) is 161 Å². The van der Waals surface area contributed by atoms with Crippen LogP contribution in [0.5, 0.6) is 0 Å². The zero-order chi connectivity index (χ0) is 58.0. The highest BCUT2D eigenvalue weighted by Gasteiger charge is 2.36. The van der Waals surface area contributed by atoms with Gasteiger partial charge in [-0.2, -0.15) is 0 Å². The molecule has 414 valence electrons. The van der Waals surface area contributed by atoms with E-state index in [1.165, 1.54) is 0 Å². The van der Waals surface area contributed by atoms with Gasteiger partial charge in [-0.05, 0) is 216 Å². The van der Waals surface area contributed by atoms with Crippen molar-refractivity contribution in [1.29, 1.82) is 0 Å². The maximum absolute atomic E-state index is 13.9. The van der Waals surface area contributed by atoms with Gasteiger partial charge in [-0.1, -0.05) is 75.9 Å². The summed E-state index contributed by atoms with van der Waals surface area (Å²) in [6.45, 7) is 38.3. The van der Waals surface area contributed by atoms with Crippen LogP contribution < -0.4 is 0 Å². The molecule has 0 unspecified atom stereocenters. The molecule has 0 aliphatic carbocycles. The van der Waals surface area contributed by atoms with Crippen molar-refractivity contribution < 1.29 is 38.1 Å². The number of hydrogen-bond acceptors (Lipinski definition) is 8. The number of H-pyrrole nitrogens is 4. The minimum Gasteiger partial charge on any atom is -0.455 e. The van der Waals surface area contributed by atoms with Crippen molar-refractivity contribution in [2.45, 2.75) is 198 Å². The number of rotatable bonds is 14. The van der Waals surface area contributed by atoms with Gasteiger partial charge in [0, 0.05) is 33.9 Å². The average molecular weight is 1060 g/mol. The summed E-state index contributed by atoms with van der Waals surface area (Å²) in [4.78, 5) is 69.8. The van der Waals surface area contributed by atoms with Crippen molar-refractivity contribution in [2.75, 3.05) is 0 Å². The first-order chi connectivity index (χ1) is 36.3. The summed E-state index contributed by atoms with van der Waals surface area (Å²) in [5.41, 5.74) is 11.6. The number of hydrogen-bond donors (Lipinski definition) is 4. The van der Waals surface area contributed by atoms with Gasteiger partial charge in [0.15, 0.2) is 0 Å². The quantitative estimate of drug-likeness (QED) is 0.0475. The molecule has 0 saturated carbocycles. The topological polar surface area (TPSA) is 168 Å². The van der Waals surface area contributed by atoms with Gasteiger partial charge in [0.1, 0.15) is 45.2 Å². The molecule has 12 heteroatoms. The summed E-state index contributed by atoms with van der Waals surface area (Å²) < 4.78 is 23.7. The van der Waals surface area contributed by atoms with E-state index in [2.05, 4.69) is 43.6 Å². The molecule has 0 aliphatic heterocycles. The van der Waals surface area contributed by atoms with Crippen LogP contribution in [-0.2, 0) is 44.6 Å². The maximum atomic E-state index is 13.9. The number of esters is 4. The Hall–Kier alpha value is -7.44. The van der Waals surface area contributed by atoms with Crippen molar-refractivity contribution in [3.63, 3.8) is 0 Å². The minimum absolute atomic E-state index is 0.381. The first-order valence-corrected chi connectivity index (χ1v) is 27.3. The number of aromatic amines is 4. The Morgan fingerprint density at radius 1 is 0.397 bits per heavy atom. The van der Waals surface area contributed by atoms with Crippen LogP contribution in [0.2, 0.25) is 0 Å². The molecule has 0 aliphatic rings. The van der Waals surface area contributed by atoms with Gasteiger partial charge in [0.05, 0.1) is 11.8 Å². The molecule has 0 bridgehead atoms. The molecule has 0 amide bonds. The molecule has 6 rings (SSSR count). The number of aromatic nitrogens is 4. The molecular formula is C66H82N4O8. The van der Waals surface area contributed by atoms with E-state index in [1.54, 1.807) is 0 Å². The molecule has 4 heterocycles. The van der Waals surface area contributed by atoms with Crippen LogP contribution in [0.1, 0.15) is 254 Å². The van der Waals surface area contributed by atoms with E-state index in [-0.39, 0.29) is 0 Å². The predicted octanol–water partition coefficient (Wildman–Crippen LogP) is 14.1. The van der Waals surface area contributed by atoms with Crippen LogP contribution in [-0.4, -0.2) is 66.2 Å². The van der Waals surface area contributed by atoms with Gasteiger partial charge >= 0.3 is 23.9 Å². The van der Waals surface area contributed by atoms with Crippen molar-refractivity contribution >= 4 is 23.9 Å². The van der Waals surface area contributed by atoms with Crippen molar-refractivity contribution in [3.8, 4) is 23.7 Å². The number of carbonyl (C=O) groups is 4. The van der Waals surface area contributed by atoms with Gasteiger partial charge in [0.25, 0.3) is 0 Å². The highest BCUT2D eigenvalue weighted by Crippen LogP contribution is 2.42. The lowest BCUT2D eigenvalue weighted by Crippen LogP contribution is -2.25. The van der Waals surface area contributed by atoms with Gasteiger partial charge in [-0.3, -0.25) is 0 Å². The fourth-order valence-electron chi connectivity index (χ4n) is 10.4. The first kappa shape index (κ1) is 59.8. The number of benzene rings is 2.